The Kier molecular flexibility index (Phi) is 3.01. The molecule has 0 aliphatic heterocycles. The molecule has 0 spiro atoms. The van der Waals surface area contributed by atoms with Crippen molar-refractivity contribution in [3.8, 4) is 0 Å². The van der Waals surface area contributed by atoms with Crippen LogP contribution in [0.4, 0.5) is 11.5 Å². The Labute approximate surface area is 99.0 Å². The Morgan fingerprint density at radius 2 is 2.31 bits per heavy atom. The number of nitrogen functional groups attached to an aromatic ring is 1. The van der Waals surface area contributed by atoms with Gasteiger partial charge in [-0.2, -0.15) is 5.10 Å². The molecule has 0 aliphatic rings. The van der Waals surface area contributed by atoms with E-state index >= 15 is 0 Å². The zero-order valence-corrected chi connectivity index (χ0v) is 9.70. The molecule has 16 heavy (non-hydrogen) atoms. The number of anilines is 2. The summed E-state index contributed by atoms with van der Waals surface area (Å²) >= 11 is 5.89. The van der Waals surface area contributed by atoms with E-state index in [4.69, 9.17) is 17.3 Å². The Morgan fingerprint density at radius 1 is 1.50 bits per heavy atom. The molecule has 5 heteroatoms. The Balaban J connectivity index is 2.05. The second-order valence-corrected chi connectivity index (χ2v) is 4.03. The van der Waals surface area contributed by atoms with Crippen molar-refractivity contribution in [1.82, 2.24) is 9.78 Å². The monoisotopic (exact) mass is 236 g/mol. The van der Waals surface area contributed by atoms with Crippen LogP contribution in [-0.2, 0) is 13.6 Å². The van der Waals surface area contributed by atoms with Gasteiger partial charge in [0.15, 0.2) is 5.82 Å². The number of nitrogens with two attached hydrogens (primary N) is 1. The van der Waals surface area contributed by atoms with E-state index in [9.17, 15) is 0 Å². The van der Waals surface area contributed by atoms with E-state index in [1.165, 1.54) is 0 Å². The van der Waals surface area contributed by atoms with Gasteiger partial charge in [0.05, 0.1) is 5.69 Å². The number of nitrogens with one attached hydrogen (secondary N) is 1. The van der Waals surface area contributed by atoms with E-state index in [2.05, 4.69) is 10.4 Å². The number of aromatic nitrogens is 2. The number of halogens is 1. The fraction of sp³-hybridized carbons (Fsp3) is 0.182. The van der Waals surface area contributed by atoms with Gasteiger partial charge in [-0.05, 0) is 17.7 Å². The maximum Gasteiger partial charge on any atom is 0.171 e. The van der Waals surface area contributed by atoms with E-state index in [1.54, 1.807) is 10.9 Å². The van der Waals surface area contributed by atoms with Gasteiger partial charge in [0, 0.05) is 24.8 Å². The number of benzene rings is 1. The van der Waals surface area contributed by atoms with Gasteiger partial charge in [0.1, 0.15) is 0 Å². The zero-order valence-electron chi connectivity index (χ0n) is 8.94. The molecule has 1 aromatic heterocycles. The van der Waals surface area contributed by atoms with Crippen LogP contribution in [0.15, 0.2) is 30.5 Å². The van der Waals surface area contributed by atoms with Crippen LogP contribution in [0.2, 0.25) is 5.02 Å². The molecule has 0 bridgehead atoms. The highest BCUT2D eigenvalue weighted by molar-refractivity contribution is 6.30. The quantitative estimate of drug-likeness (QED) is 0.860. The van der Waals surface area contributed by atoms with E-state index in [0.717, 1.165) is 10.6 Å². The molecule has 2 rings (SSSR count). The van der Waals surface area contributed by atoms with Crippen molar-refractivity contribution in [3.05, 3.63) is 41.0 Å². The fourth-order valence-corrected chi connectivity index (χ4v) is 1.69. The van der Waals surface area contributed by atoms with Crippen molar-refractivity contribution in [2.75, 3.05) is 11.1 Å². The van der Waals surface area contributed by atoms with Crippen molar-refractivity contribution in [2.24, 2.45) is 7.05 Å². The molecule has 0 aliphatic carbocycles. The summed E-state index contributed by atoms with van der Waals surface area (Å²) in [5.74, 6) is 0.697. The molecule has 1 heterocycles. The Morgan fingerprint density at radius 3 is 2.94 bits per heavy atom. The van der Waals surface area contributed by atoms with Gasteiger partial charge in [-0.1, -0.05) is 23.7 Å². The highest BCUT2D eigenvalue weighted by Crippen LogP contribution is 2.16. The summed E-state index contributed by atoms with van der Waals surface area (Å²) in [6.45, 7) is 0.655. The minimum atomic E-state index is 0.643. The average Bonchev–Trinajstić information content (AvgIpc) is 2.54. The molecule has 3 N–H and O–H groups in total. The summed E-state index contributed by atoms with van der Waals surface area (Å²) in [7, 11) is 1.83. The van der Waals surface area contributed by atoms with Crippen molar-refractivity contribution in [1.29, 1.82) is 0 Å². The predicted molar refractivity (Wildman–Crippen MR) is 66.4 cm³/mol. The van der Waals surface area contributed by atoms with Gasteiger partial charge in [0.2, 0.25) is 0 Å². The van der Waals surface area contributed by atoms with Crippen LogP contribution in [0.5, 0.6) is 0 Å². The highest BCUT2D eigenvalue weighted by Gasteiger charge is 2.03. The molecule has 4 nitrogen and oxygen atoms in total. The number of hydrogen-bond donors (Lipinski definition) is 2. The fourth-order valence-electron chi connectivity index (χ4n) is 1.48. The molecular formula is C11H13ClN4. The van der Waals surface area contributed by atoms with Crippen LogP contribution in [0, 0.1) is 0 Å². The van der Waals surface area contributed by atoms with Crippen LogP contribution in [0.3, 0.4) is 0 Å². The minimum Gasteiger partial charge on any atom is -0.394 e. The van der Waals surface area contributed by atoms with Crippen molar-refractivity contribution < 1.29 is 0 Å². The van der Waals surface area contributed by atoms with Crippen LogP contribution in [0.1, 0.15) is 5.56 Å². The molecule has 0 saturated heterocycles. The second-order valence-electron chi connectivity index (χ2n) is 3.59. The molecule has 0 unspecified atom stereocenters. The van der Waals surface area contributed by atoms with Gasteiger partial charge in [-0.15, -0.1) is 0 Å². The van der Waals surface area contributed by atoms with Crippen LogP contribution < -0.4 is 11.1 Å². The highest BCUT2D eigenvalue weighted by atomic mass is 35.5. The first-order chi connectivity index (χ1) is 7.65. The number of rotatable bonds is 3. The lowest BCUT2D eigenvalue weighted by Gasteiger charge is -2.04. The number of nitrogens with zero attached hydrogens (tertiary/aromatic N) is 2. The lowest BCUT2D eigenvalue weighted by molar-refractivity contribution is 0.768. The van der Waals surface area contributed by atoms with Gasteiger partial charge in [0.25, 0.3) is 0 Å². The van der Waals surface area contributed by atoms with Crippen molar-refractivity contribution in [3.63, 3.8) is 0 Å². The topological polar surface area (TPSA) is 55.9 Å². The first kappa shape index (κ1) is 10.8. The standard InChI is InChI=1S/C11H13ClN4/c1-16-7-10(13)11(15-16)14-6-8-3-2-4-9(12)5-8/h2-5,7H,6,13H2,1H3,(H,14,15). The molecule has 84 valence electrons. The first-order valence-corrected chi connectivity index (χ1v) is 5.30. The molecule has 0 fully saturated rings. The summed E-state index contributed by atoms with van der Waals surface area (Å²) in [5.41, 5.74) is 7.50. The molecule has 0 radical (unpaired) electrons. The average molecular weight is 237 g/mol. The summed E-state index contributed by atoms with van der Waals surface area (Å²) in [6, 6.07) is 7.67. The minimum absolute atomic E-state index is 0.643. The third-order valence-electron chi connectivity index (χ3n) is 2.21. The van der Waals surface area contributed by atoms with Crippen LogP contribution in [-0.4, -0.2) is 9.78 Å². The largest absolute Gasteiger partial charge is 0.394 e. The van der Waals surface area contributed by atoms with Gasteiger partial charge < -0.3 is 11.1 Å². The van der Waals surface area contributed by atoms with Crippen LogP contribution >= 0.6 is 11.6 Å². The molecule has 2 aromatic rings. The second kappa shape index (κ2) is 4.45. The molecule has 0 atom stereocenters. The SMILES string of the molecule is Cn1cc(N)c(NCc2cccc(Cl)c2)n1. The lowest BCUT2D eigenvalue weighted by Crippen LogP contribution is -2.02. The van der Waals surface area contributed by atoms with Gasteiger partial charge >= 0.3 is 0 Å². The van der Waals surface area contributed by atoms with Crippen LogP contribution in [0.25, 0.3) is 0 Å². The molecule has 1 aromatic carbocycles. The molecule has 0 saturated carbocycles. The molecule has 0 amide bonds. The Hall–Kier alpha value is -1.68. The van der Waals surface area contributed by atoms with Gasteiger partial charge in [-0.25, -0.2) is 0 Å². The lowest BCUT2D eigenvalue weighted by atomic mass is 10.2. The summed E-state index contributed by atoms with van der Waals surface area (Å²) < 4.78 is 1.68. The number of aryl methyl sites for hydroxylation is 1. The number of hydrogen-bond acceptors (Lipinski definition) is 3. The normalized spacial score (nSPS) is 10.4. The maximum atomic E-state index is 5.89. The van der Waals surface area contributed by atoms with Crippen molar-refractivity contribution >= 4 is 23.1 Å². The van der Waals surface area contributed by atoms with Gasteiger partial charge in [-0.3, -0.25) is 4.68 Å². The summed E-state index contributed by atoms with van der Waals surface area (Å²) in [4.78, 5) is 0. The first-order valence-electron chi connectivity index (χ1n) is 4.92. The van der Waals surface area contributed by atoms with E-state index in [-0.39, 0.29) is 0 Å². The molecular weight excluding hydrogens is 224 g/mol. The van der Waals surface area contributed by atoms with Crippen molar-refractivity contribution in [2.45, 2.75) is 6.54 Å². The Bertz CT molecular complexity index is 492. The van der Waals surface area contributed by atoms with E-state index in [0.29, 0.717) is 18.1 Å². The predicted octanol–water partition coefficient (Wildman–Crippen LogP) is 2.27. The summed E-state index contributed by atoms with van der Waals surface area (Å²) in [5, 5.41) is 8.09. The third-order valence-corrected chi connectivity index (χ3v) is 2.44. The zero-order chi connectivity index (χ0) is 11.5. The van der Waals surface area contributed by atoms with E-state index in [1.807, 2.05) is 31.3 Å². The summed E-state index contributed by atoms with van der Waals surface area (Å²) in [6.07, 6.45) is 1.76. The van der Waals surface area contributed by atoms with E-state index < -0.39 is 0 Å². The smallest absolute Gasteiger partial charge is 0.171 e. The maximum absolute atomic E-state index is 5.89. The third kappa shape index (κ3) is 2.46.